The van der Waals surface area contributed by atoms with Gasteiger partial charge in [0.25, 0.3) is 0 Å². The molecule has 1 amide bonds. The second-order valence-electron chi connectivity index (χ2n) is 3.42. The zero-order valence-electron chi connectivity index (χ0n) is 9.96. The summed E-state index contributed by atoms with van der Waals surface area (Å²) in [7, 11) is 0. The number of hydrogen-bond donors (Lipinski definition) is 1. The predicted octanol–water partition coefficient (Wildman–Crippen LogP) is 3.23. The van der Waals surface area contributed by atoms with Gasteiger partial charge < -0.3 is 9.47 Å². The minimum absolute atomic E-state index is 0.235. The van der Waals surface area contributed by atoms with Crippen LogP contribution in [0, 0.1) is 6.92 Å². The van der Waals surface area contributed by atoms with E-state index in [0.29, 0.717) is 23.9 Å². The number of hydrogen-bond acceptors (Lipinski definition) is 3. The lowest BCUT2D eigenvalue weighted by Gasteiger charge is -2.09. The number of ether oxygens (including phenoxy) is 2. The zero-order chi connectivity index (χ0) is 12.7. The van der Waals surface area contributed by atoms with E-state index in [9.17, 15) is 4.79 Å². The summed E-state index contributed by atoms with van der Waals surface area (Å²) in [4.78, 5) is 11.4. The Balaban J connectivity index is 2.42. The van der Waals surface area contributed by atoms with Gasteiger partial charge in [-0.25, -0.2) is 4.79 Å². The van der Waals surface area contributed by atoms with E-state index in [0.717, 1.165) is 5.56 Å². The van der Waals surface area contributed by atoms with Crippen LogP contribution in [0.25, 0.3) is 0 Å². The number of carbonyl (C=O) groups is 1. The van der Waals surface area contributed by atoms with Crippen molar-refractivity contribution in [1.29, 1.82) is 0 Å². The number of amides is 1. The molecule has 1 aromatic rings. The number of benzene rings is 1. The number of halogens is 1. The molecule has 0 unspecified atom stereocenters. The summed E-state index contributed by atoms with van der Waals surface area (Å²) in [5.74, 6) is 0. The maximum atomic E-state index is 11.4. The summed E-state index contributed by atoms with van der Waals surface area (Å²) in [6.07, 6.45) is -0.505. The highest BCUT2D eigenvalue weighted by atomic mass is 35.5. The van der Waals surface area contributed by atoms with Crippen LogP contribution in [-0.2, 0) is 9.47 Å². The van der Waals surface area contributed by atoms with Gasteiger partial charge >= 0.3 is 6.09 Å². The van der Waals surface area contributed by atoms with Gasteiger partial charge in [0.2, 0.25) is 0 Å². The molecule has 0 saturated carbocycles. The molecular weight excluding hydrogens is 242 g/mol. The van der Waals surface area contributed by atoms with Crippen molar-refractivity contribution in [3.63, 3.8) is 0 Å². The molecule has 0 saturated heterocycles. The fourth-order valence-electron chi connectivity index (χ4n) is 1.21. The predicted molar refractivity (Wildman–Crippen MR) is 67.7 cm³/mol. The van der Waals surface area contributed by atoms with Gasteiger partial charge in [-0.1, -0.05) is 17.7 Å². The van der Waals surface area contributed by atoms with E-state index in [1.54, 1.807) is 12.1 Å². The Bertz CT molecular complexity index is 382. The third-order valence-electron chi connectivity index (χ3n) is 2.10. The first-order valence-corrected chi connectivity index (χ1v) is 5.79. The lowest BCUT2D eigenvalue weighted by atomic mass is 10.2. The van der Waals surface area contributed by atoms with Crippen LogP contribution in [-0.4, -0.2) is 25.9 Å². The van der Waals surface area contributed by atoms with Crippen molar-refractivity contribution < 1.29 is 14.3 Å². The van der Waals surface area contributed by atoms with Crippen molar-refractivity contribution in [2.24, 2.45) is 0 Å². The van der Waals surface area contributed by atoms with Gasteiger partial charge in [0.15, 0.2) is 0 Å². The van der Waals surface area contributed by atoms with E-state index in [2.05, 4.69) is 5.32 Å². The number of rotatable bonds is 5. The Morgan fingerprint density at radius 3 is 2.88 bits per heavy atom. The molecule has 17 heavy (non-hydrogen) atoms. The van der Waals surface area contributed by atoms with Gasteiger partial charge in [-0.05, 0) is 31.5 Å². The summed E-state index contributed by atoms with van der Waals surface area (Å²) >= 11 is 5.83. The monoisotopic (exact) mass is 257 g/mol. The fraction of sp³-hybridized carbons (Fsp3) is 0.417. The molecule has 0 aliphatic carbocycles. The molecule has 94 valence electrons. The van der Waals surface area contributed by atoms with Crippen molar-refractivity contribution in [3.05, 3.63) is 28.8 Å². The van der Waals surface area contributed by atoms with Gasteiger partial charge in [-0.15, -0.1) is 0 Å². The fourth-order valence-corrected chi connectivity index (χ4v) is 1.38. The van der Waals surface area contributed by atoms with Gasteiger partial charge in [-0.2, -0.15) is 0 Å². The van der Waals surface area contributed by atoms with Crippen molar-refractivity contribution >= 4 is 23.4 Å². The highest BCUT2D eigenvalue weighted by Gasteiger charge is 2.05. The average molecular weight is 258 g/mol. The minimum atomic E-state index is -0.505. The Hall–Kier alpha value is -1.26. The topological polar surface area (TPSA) is 47.6 Å². The van der Waals surface area contributed by atoms with Gasteiger partial charge in [0.05, 0.1) is 6.61 Å². The van der Waals surface area contributed by atoms with E-state index >= 15 is 0 Å². The van der Waals surface area contributed by atoms with Crippen molar-refractivity contribution in [2.45, 2.75) is 13.8 Å². The van der Waals surface area contributed by atoms with Crippen molar-refractivity contribution in [2.75, 3.05) is 25.1 Å². The quantitative estimate of drug-likeness (QED) is 0.824. The normalized spacial score (nSPS) is 10.1. The lowest BCUT2D eigenvalue weighted by Crippen LogP contribution is -2.17. The summed E-state index contributed by atoms with van der Waals surface area (Å²) in [5.41, 5.74) is 1.58. The maximum absolute atomic E-state index is 11.4. The first-order chi connectivity index (χ1) is 8.13. The Morgan fingerprint density at radius 2 is 2.18 bits per heavy atom. The molecule has 0 fully saturated rings. The van der Waals surface area contributed by atoms with E-state index in [1.165, 1.54) is 0 Å². The molecule has 0 atom stereocenters. The van der Waals surface area contributed by atoms with Crippen LogP contribution in [0.4, 0.5) is 10.5 Å². The van der Waals surface area contributed by atoms with Crippen molar-refractivity contribution in [1.82, 2.24) is 0 Å². The lowest BCUT2D eigenvalue weighted by molar-refractivity contribution is 0.0850. The second-order valence-corrected chi connectivity index (χ2v) is 3.85. The molecule has 1 rings (SSSR count). The van der Waals surface area contributed by atoms with Crippen LogP contribution >= 0.6 is 11.6 Å². The van der Waals surface area contributed by atoms with Crippen LogP contribution < -0.4 is 5.32 Å². The molecule has 0 bridgehead atoms. The summed E-state index contributed by atoms with van der Waals surface area (Å²) in [6, 6.07) is 5.28. The molecule has 1 aromatic carbocycles. The first-order valence-electron chi connectivity index (χ1n) is 5.41. The second kappa shape index (κ2) is 7.14. The third-order valence-corrected chi connectivity index (χ3v) is 2.34. The molecule has 0 radical (unpaired) electrons. The smallest absolute Gasteiger partial charge is 0.411 e. The van der Waals surface area contributed by atoms with Crippen LogP contribution in [0.5, 0.6) is 0 Å². The Morgan fingerprint density at radius 1 is 1.41 bits per heavy atom. The standard InChI is InChI=1S/C12H16ClNO3/c1-3-16-6-7-17-12(15)14-11-8-10(13)5-4-9(11)2/h4-5,8H,3,6-7H2,1-2H3,(H,14,15). The van der Waals surface area contributed by atoms with Crippen LogP contribution in [0.1, 0.15) is 12.5 Å². The summed E-state index contributed by atoms with van der Waals surface area (Å²) < 4.78 is 9.98. The van der Waals surface area contributed by atoms with Gasteiger partial charge in [-0.3, -0.25) is 5.32 Å². The SMILES string of the molecule is CCOCCOC(=O)Nc1cc(Cl)ccc1C. The molecule has 5 heteroatoms. The number of carbonyl (C=O) groups excluding carboxylic acids is 1. The number of nitrogens with one attached hydrogen (secondary N) is 1. The van der Waals surface area contributed by atoms with Crippen LogP contribution in [0.3, 0.4) is 0 Å². The van der Waals surface area contributed by atoms with Gasteiger partial charge in [0.1, 0.15) is 6.61 Å². The highest BCUT2D eigenvalue weighted by Crippen LogP contribution is 2.20. The first kappa shape index (κ1) is 13.8. The van der Waals surface area contributed by atoms with E-state index in [-0.39, 0.29) is 6.61 Å². The molecule has 1 N–H and O–H groups in total. The molecule has 0 aliphatic rings. The highest BCUT2D eigenvalue weighted by molar-refractivity contribution is 6.30. The molecule has 0 spiro atoms. The molecule has 0 aliphatic heterocycles. The minimum Gasteiger partial charge on any atom is -0.447 e. The van der Waals surface area contributed by atoms with Crippen LogP contribution in [0.2, 0.25) is 5.02 Å². The van der Waals surface area contributed by atoms with Crippen molar-refractivity contribution in [3.8, 4) is 0 Å². The summed E-state index contributed by atoms with van der Waals surface area (Å²) in [6.45, 7) is 5.01. The zero-order valence-corrected chi connectivity index (χ0v) is 10.7. The van der Waals surface area contributed by atoms with Gasteiger partial charge in [0, 0.05) is 17.3 Å². The molecule has 0 heterocycles. The van der Waals surface area contributed by atoms with Crippen LogP contribution in [0.15, 0.2) is 18.2 Å². The summed E-state index contributed by atoms with van der Waals surface area (Å²) in [5, 5.41) is 3.20. The molecule has 4 nitrogen and oxygen atoms in total. The molecule has 0 aromatic heterocycles. The largest absolute Gasteiger partial charge is 0.447 e. The maximum Gasteiger partial charge on any atom is 0.411 e. The van der Waals surface area contributed by atoms with E-state index < -0.39 is 6.09 Å². The number of aryl methyl sites for hydroxylation is 1. The number of anilines is 1. The van der Waals surface area contributed by atoms with E-state index in [4.69, 9.17) is 21.1 Å². The average Bonchev–Trinajstić information content (AvgIpc) is 2.29. The Labute approximate surface area is 106 Å². The Kier molecular flexibility index (Phi) is 5.80. The van der Waals surface area contributed by atoms with E-state index in [1.807, 2.05) is 19.9 Å². The third kappa shape index (κ3) is 5.06. The molecular formula is C12H16ClNO3.